The zero-order valence-corrected chi connectivity index (χ0v) is 7.80. The molecule has 1 saturated heterocycles. The van der Waals surface area contributed by atoms with E-state index in [0.717, 1.165) is 25.3 Å². The maximum atomic E-state index is 11.7. The van der Waals surface area contributed by atoms with Gasteiger partial charge in [0, 0.05) is 6.61 Å². The Bertz CT molecular complexity index is 188. The van der Waals surface area contributed by atoms with Crippen molar-refractivity contribution in [2.75, 3.05) is 13.2 Å². The molecule has 0 aromatic heterocycles. The number of ether oxygens (including phenoxy) is 2. The van der Waals surface area contributed by atoms with E-state index in [1.165, 1.54) is 0 Å². The molecule has 1 rings (SSSR count). The van der Waals surface area contributed by atoms with E-state index in [4.69, 9.17) is 9.47 Å². The predicted octanol–water partition coefficient (Wildman–Crippen LogP) is 2.47. The lowest BCUT2D eigenvalue weighted by Crippen LogP contribution is -2.22. The van der Waals surface area contributed by atoms with Gasteiger partial charge < -0.3 is 22.4 Å². The highest BCUT2D eigenvalue weighted by molar-refractivity contribution is 6.64. The molecule has 0 radical (unpaired) electrons. The smallest absolute Gasteiger partial charge is 0.445 e. The van der Waals surface area contributed by atoms with Crippen LogP contribution in [0.25, 0.3) is 0 Å². The largest absolute Gasteiger partial charge is 0.502 e. The molecular weight excluding hydrogens is 196 g/mol. The standard InChI is InChI=1S/C8H13BF3O2/c10-9(11,12)5-3-7-14-8-4-1-2-6-13-8/h3,5,8H,1-2,4,6-7H2/q-1/b5-3+. The predicted molar refractivity (Wildman–Crippen MR) is 47.8 cm³/mol. The second-order valence-electron chi connectivity index (χ2n) is 3.18. The van der Waals surface area contributed by atoms with Crippen molar-refractivity contribution in [1.82, 2.24) is 0 Å². The molecule has 82 valence electrons. The van der Waals surface area contributed by atoms with Crippen molar-refractivity contribution < 1.29 is 22.4 Å². The molecule has 1 unspecified atom stereocenters. The minimum absolute atomic E-state index is 0.0358. The van der Waals surface area contributed by atoms with Gasteiger partial charge in [0.2, 0.25) is 0 Å². The molecule has 0 N–H and O–H groups in total. The molecule has 1 atom stereocenters. The van der Waals surface area contributed by atoms with Gasteiger partial charge in [-0.15, -0.1) is 5.98 Å². The molecule has 0 saturated carbocycles. The first-order valence-corrected chi connectivity index (χ1v) is 4.69. The fourth-order valence-corrected chi connectivity index (χ4v) is 1.22. The van der Waals surface area contributed by atoms with E-state index in [1.54, 1.807) is 0 Å². The van der Waals surface area contributed by atoms with E-state index in [0.29, 0.717) is 6.61 Å². The van der Waals surface area contributed by atoms with Gasteiger partial charge in [0.25, 0.3) is 0 Å². The molecule has 0 spiro atoms. The van der Waals surface area contributed by atoms with Crippen LogP contribution in [0.4, 0.5) is 12.9 Å². The van der Waals surface area contributed by atoms with Crippen LogP contribution in [0, 0.1) is 0 Å². The zero-order chi connectivity index (χ0) is 10.4. The summed E-state index contributed by atoms with van der Waals surface area (Å²) in [5.74, 6) is 0.239. The van der Waals surface area contributed by atoms with Crippen LogP contribution in [0.1, 0.15) is 19.3 Å². The quantitative estimate of drug-likeness (QED) is 0.662. The number of hydrogen-bond donors (Lipinski definition) is 0. The molecule has 6 heteroatoms. The highest BCUT2D eigenvalue weighted by atomic mass is 19.4. The summed E-state index contributed by atoms with van der Waals surface area (Å²) in [6, 6.07) is 0. The van der Waals surface area contributed by atoms with E-state index < -0.39 is 6.98 Å². The van der Waals surface area contributed by atoms with Gasteiger partial charge in [-0.25, -0.2) is 0 Å². The van der Waals surface area contributed by atoms with Crippen LogP contribution in [-0.4, -0.2) is 26.5 Å². The van der Waals surface area contributed by atoms with Gasteiger partial charge in [-0.1, -0.05) is 6.08 Å². The number of hydrogen-bond acceptors (Lipinski definition) is 2. The van der Waals surface area contributed by atoms with Crippen LogP contribution in [0.2, 0.25) is 0 Å². The summed E-state index contributed by atoms with van der Waals surface area (Å²) in [4.78, 5) is 0. The molecule has 0 aromatic carbocycles. The highest BCUT2D eigenvalue weighted by Crippen LogP contribution is 2.14. The maximum absolute atomic E-state index is 11.7. The topological polar surface area (TPSA) is 18.5 Å². The van der Waals surface area contributed by atoms with Crippen molar-refractivity contribution >= 4 is 6.98 Å². The highest BCUT2D eigenvalue weighted by Gasteiger charge is 2.17. The van der Waals surface area contributed by atoms with E-state index in [1.807, 2.05) is 0 Å². The molecule has 1 fully saturated rings. The Morgan fingerprint density at radius 3 is 2.71 bits per heavy atom. The van der Waals surface area contributed by atoms with Crippen LogP contribution >= 0.6 is 0 Å². The third kappa shape index (κ3) is 5.29. The SMILES string of the molecule is F[B-](F)(F)/C=C/COC1CCCCO1. The van der Waals surface area contributed by atoms with Crippen molar-refractivity contribution in [3.8, 4) is 0 Å². The fraction of sp³-hybridized carbons (Fsp3) is 0.750. The van der Waals surface area contributed by atoms with Crippen molar-refractivity contribution in [2.45, 2.75) is 25.6 Å². The Labute approximate surface area is 81.1 Å². The minimum atomic E-state index is -4.83. The molecule has 0 amide bonds. The summed E-state index contributed by atoms with van der Waals surface area (Å²) in [7, 11) is 0. The summed E-state index contributed by atoms with van der Waals surface area (Å²) in [5.41, 5.74) is 0. The van der Waals surface area contributed by atoms with Crippen LogP contribution in [0.5, 0.6) is 0 Å². The normalized spacial score (nSPS) is 24.4. The first-order chi connectivity index (χ1) is 6.58. The van der Waals surface area contributed by atoms with Crippen molar-refractivity contribution in [2.24, 2.45) is 0 Å². The van der Waals surface area contributed by atoms with E-state index in [-0.39, 0.29) is 18.9 Å². The second kappa shape index (κ2) is 5.41. The summed E-state index contributed by atoms with van der Waals surface area (Å²) in [5, 5.41) is 0. The van der Waals surface area contributed by atoms with Gasteiger partial charge in [0.1, 0.15) is 0 Å². The van der Waals surface area contributed by atoms with Crippen LogP contribution < -0.4 is 0 Å². The first kappa shape index (κ1) is 11.6. The number of rotatable bonds is 4. The monoisotopic (exact) mass is 209 g/mol. The lowest BCUT2D eigenvalue weighted by atomic mass is 9.92. The molecule has 1 aliphatic rings. The van der Waals surface area contributed by atoms with Crippen LogP contribution in [0.15, 0.2) is 12.1 Å². The van der Waals surface area contributed by atoms with Crippen molar-refractivity contribution in [3.63, 3.8) is 0 Å². The Hall–Kier alpha value is -0.485. The molecule has 1 heterocycles. The van der Waals surface area contributed by atoms with Crippen molar-refractivity contribution in [1.29, 1.82) is 0 Å². The minimum Gasteiger partial charge on any atom is -0.445 e. The van der Waals surface area contributed by atoms with E-state index in [2.05, 4.69) is 0 Å². The van der Waals surface area contributed by atoms with Gasteiger partial charge in [0.05, 0.1) is 6.61 Å². The summed E-state index contributed by atoms with van der Waals surface area (Å²) in [6.07, 6.45) is 3.44. The fourth-order valence-electron chi connectivity index (χ4n) is 1.22. The molecule has 1 aliphatic heterocycles. The van der Waals surface area contributed by atoms with Crippen LogP contribution in [-0.2, 0) is 9.47 Å². The van der Waals surface area contributed by atoms with Crippen LogP contribution in [0.3, 0.4) is 0 Å². The Kier molecular flexibility index (Phi) is 4.48. The van der Waals surface area contributed by atoms with Gasteiger partial charge in [-0.2, -0.15) is 0 Å². The summed E-state index contributed by atoms with van der Waals surface area (Å²) >= 11 is 0. The van der Waals surface area contributed by atoms with E-state index in [9.17, 15) is 12.9 Å². The average Bonchev–Trinajstić information content (AvgIpc) is 2.13. The molecule has 0 aliphatic carbocycles. The Balaban J connectivity index is 2.11. The lowest BCUT2D eigenvalue weighted by Gasteiger charge is -2.22. The molecule has 14 heavy (non-hydrogen) atoms. The van der Waals surface area contributed by atoms with Gasteiger partial charge in [-0.3, -0.25) is 0 Å². The maximum Gasteiger partial charge on any atom is 0.502 e. The second-order valence-corrected chi connectivity index (χ2v) is 3.18. The summed E-state index contributed by atoms with van der Waals surface area (Å²) < 4.78 is 45.4. The zero-order valence-electron chi connectivity index (χ0n) is 7.80. The van der Waals surface area contributed by atoms with Gasteiger partial charge in [-0.05, 0) is 19.3 Å². The third-order valence-corrected chi connectivity index (χ3v) is 1.87. The first-order valence-electron chi connectivity index (χ1n) is 4.69. The lowest BCUT2D eigenvalue weighted by molar-refractivity contribution is -0.155. The number of halogens is 3. The molecular formula is C8H13BF3O2-. The molecule has 2 nitrogen and oxygen atoms in total. The molecule has 0 aromatic rings. The average molecular weight is 209 g/mol. The Morgan fingerprint density at radius 1 is 1.36 bits per heavy atom. The summed E-state index contributed by atoms with van der Waals surface area (Å²) in [6.45, 7) is -4.23. The van der Waals surface area contributed by atoms with Gasteiger partial charge in [0.15, 0.2) is 6.29 Å². The third-order valence-electron chi connectivity index (χ3n) is 1.87. The van der Waals surface area contributed by atoms with Gasteiger partial charge >= 0.3 is 6.98 Å². The molecule has 0 bridgehead atoms. The Morgan fingerprint density at radius 2 is 2.14 bits per heavy atom. The van der Waals surface area contributed by atoms with Crippen molar-refractivity contribution in [3.05, 3.63) is 12.1 Å². The van der Waals surface area contributed by atoms with E-state index >= 15 is 0 Å².